The largest absolute Gasteiger partial charge is 0.467 e. The van der Waals surface area contributed by atoms with E-state index < -0.39 is 35.8 Å². The Morgan fingerprint density at radius 3 is 2.24 bits per heavy atom. The monoisotopic (exact) mass is 534 g/mol. The molecule has 200 valence electrons. The van der Waals surface area contributed by atoms with Gasteiger partial charge in [-0.1, -0.05) is 0 Å². The number of carbonyl (C=O) groups is 5. The molecule has 0 aliphatic heterocycles. The number of aromatic nitrogens is 1. The van der Waals surface area contributed by atoms with E-state index in [4.69, 9.17) is 9.47 Å². The van der Waals surface area contributed by atoms with Crippen LogP contribution in [-0.2, 0) is 30.2 Å². The zero-order valence-corrected chi connectivity index (χ0v) is 22.6. The molecule has 1 atom stereocenters. The summed E-state index contributed by atoms with van der Waals surface area (Å²) in [6, 6.07) is 0.279. The van der Waals surface area contributed by atoms with Gasteiger partial charge in [0.15, 0.2) is 11.8 Å². The number of esters is 2. The number of nitrogens with one attached hydrogen (secondary N) is 1. The maximum atomic E-state index is 13.8. The van der Waals surface area contributed by atoms with Crippen molar-refractivity contribution in [2.24, 2.45) is 5.10 Å². The van der Waals surface area contributed by atoms with Crippen LogP contribution < -0.4 is 10.4 Å². The summed E-state index contributed by atoms with van der Waals surface area (Å²) in [5.41, 5.74) is 3.25. The smallest absolute Gasteiger partial charge is 0.427 e. The van der Waals surface area contributed by atoms with E-state index in [-0.39, 0.29) is 41.3 Å². The lowest BCUT2D eigenvalue weighted by Gasteiger charge is -2.33. The SMILES string of the molecule is CCOC(=O)c1c(C(C)=O)c(C)n(N(C(=O)Cc2ccsc2)C(C(=O)OC)/C(C)=N/NC(=O)OC)c1C. The van der Waals surface area contributed by atoms with Crippen LogP contribution in [0.1, 0.15) is 58.4 Å². The van der Waals surface area contributed by atoms with Gasteiger partial charge >= 0.3 is 18.0 Å². The minimum absolute atomic E-state index is 0.0222. The lowest BCUT2D eigenvalue weighted by Crippen LogP contribution is -2.57. The highest BCUT2D eigenvalue weighted by Crippen LogP contribution is 2.26. The van der Waals surface area contributed by atoms with Crippen LogP contribution in [0.4, 0.5) is 4.79 Å². The Bertz CT molecular complexity index is 1220. The molecule has 0 fully saturated rings. The minimum Gasteiger partial charge on any atom is -0.467 e. The van der Waals surface area contributed by atoms with Crippen molar-refractivity contribution in [3.8, 4) is 0 Å². The average Bonchev–Trinajstić information content (AvgIpc) is 3.45. The standard InChI is InChI=1S/C24H30N4O8S/c1-8-36-22(31)20-15(4)27(14(3)19(20)16(5)29)28(18(30)11-17-9-10-37-12-17)21(23(32)34-6)13(2)25-26-24(33)35-7/h9-10,12,21H,8,11H2,1-7H3,(H,26,33)/b25-13+. The second-order valence-electron chi connectivity index (χ2n) is 7.84. The summed E-state index contributed by atoms with van der Waals surface area (Å²) in [5, 5.41) is 8.56. The van der Waals surface area contributed by atoms with Gasteiger partial charge in [0.25, 0.3) is 0 Å². The molecule has 0 aromatic carbocycles. The summed E-state index contributed by atoms with van der Waals surface area (Å²) in [6.07, 6.45) is -1.01. The number of amides is 2. The Labute approximate surface area is 218 Å². The second-order valence-corrected chi connectivity index (χ2v) is 8.62. The van der Waals surface area contributed by atoms with E-state index in [9.17, 15) is 24.0 Å². The Balaban J connectivity index is 2.85. The number of hydrogen-bond acceptors (Lipinski definition) is 10. The average molecular weight is 535 g/mol. The van der Waals surface area contributed by atoms with Crippen molar-refractivity contribution in [3.05, 3.63) is 44.9 Å². The zero-order valence-electron chi connectivity index (χ0n) is 21.7. The van der Waals surface area contributed by atoms with Crippen LogP contribution in [0.3, 0.4) is 0 Å². The molecule has 2 aromatic rings. The molecule has 1 unspecified atom stereocenters. The molecule has 0 spiro atoms. The zero-order chi connectivity index (χ0) is 27.9. The van der Waals surface area contributed by atoms with E-state index in [0.717, 1.165) is 19.2 Å². The van der Waals surface area contributed by atoms with Crippen LogP contribution in [-0.4, -0.2) is 67.0 Å². The summed E-state index contributed by atoms with van der Waals surface area (Å²) in [7, 11) is 2.28. The van der Waals surface area contributed by atoms with Crippen molar-refractivity contribution in [2.45, 2.75) is 47.1 Å². The minimum atomic E-state index is -1.48. The van der Waals surface area contributed by atoms with Gasteiger partial charge in [-0.2, -0.15) is 16.4 Å². The normalized spacial score (nSPS) is 11.9. The second kappa shape index (κ2) is 12.8. The predicted molar refractivity (Wildman–Crippen MR) is 136 cm³/mol. The third kappa shape index (κ3) is 6.42. The van der Waals surface area contributed by atoms with Gasteiger partial charge in [0.1, 0.15) is 0 Å². The van der Waals surface area contributed by atoms with Crippen molar-refractivity contribution in [1.82, 2.24) is 10.1 Å². The highest BCUT2D eigenvalue weighted by molar-refractivity contribution is 7.08. The van der Waals surface area contributed by atoms with Gasteiger partial charge in [0, 0.05) is 5.69 Å². The van der Waals surface area contributed by atoms with Gasteiger partial charge in [0.05, 0.1) is 49.8 Å². The van der Waals surface area contributed by atoms with Gasteiger partial charge in [-0.15, -0.1) is 0 Å². The lowest BCUT2D eigenvalue weighted by atomic mass is 10.1. The van der Waals surface area contributed by atoms with E-state index in [1.54, 1.807) is 30.7 Å². The Morgan fingerprint density at radius 1 is 1.08 bits per heavy atom. The first-order valence-corrected chi connectivity index (χ1v) is 12.1. The number of thiophene rings is 1. The molecule has 1 N–H and O–H groups in total. The van der Waals surface area contributed by atoms with Crippen LogP contribution in [0, 0.1) is 13.8 Å². The fourth-order valence-corrected chi connectivity index (χ4v) is 4.52. The van der Waals surface area contributed by atoms with Gasteiger partial charge in [-0.05, 0) is 57.0 Å². The predicted octanol–water partition coefficient (Wildman–Crippen LogP) is 2.53. The number of carbonyl (C=O) groups excluding carboxylic acids is 5. The van der Waals surface area contributed by atoms with E-state index in [1.165, 1.54) is 36.8 Å². The van der Waals surface area contributed by atoms with E-state index in [1.807, 2.05) is 0 Å². The molecule has 12 nitrogen and oxygen atoms in total. The number of ketones is 1. The summed E-state index contributed by atoms with van der Waals surface area (Å²) in [4.78, 5) is 63.9. The number of hydrogen-bond donors (Lipinski definition) is 1. The molecule has 37 heavy (non-hydrogen) atoms. The third-order valence-corrected chi connectivity index (χ3v) is 6.15. The quantitative estimate of drug-likeness (QED) is 0.161. The summed E-state index contributed by atoms with van der Waals surface area (Å²) >= 11 is 1.39. The molecule has 0 saturated heterocycles. The summed E-state index contributed by atoms with van der Waals surface area (Å²) < 4.78 is 16.0. The highest BCUT2D eigenvalue weighted by atomic mass is 32.1. The van der Waals surface area contributed by atoms with Crippen molar-refractivity contribution in [3.63, 3.8) is 0 Å². The number of Topliss-reactive ketones (excluding diaryl/α,β-unsaturated/α-hetero) is 1. The fourth-order valence-electron chi connectivity index (χ4n) is 3.85. The van der Waals surface area contributed by atoms with Gasteiger partial charge in [-0.3, -0.25) is 14.3 Å². The highest BCUT2D eigenvalue weighted by Gasteiger charge is 2.39. The van der Waals surface area contributed by atoms with Crippen molar-refractivity contribution in [2.75, 3.05) is 25.8 Å². The van der Waals surface area contributed by atoms with Crippen molar-refractivity contribution < 1.29 is 38.2 Å². The summed E-state index contributed by atoms with van der Waals surface area (Å²) in [5.74, 6) is -2.61. The molecule has 0 saturated carbocycles. The van der Waals surface area contributed by atoms with Crippen molar-refractivity contribution in [1.29, 1.82) is 0 Å². The first-order chi connectivity index (χ1) is 17.5. The maximum absolute atomic E-state index is 13.8. The molecule has 2 heterocycles. The first-order valence-electron chi connectivity index (χ1n) is 11.2. The van der Waals surface area contributed by atoms with E-state index in [0.29, 0.717) is 5.56 Å². The first kappa shape index (κ1) is 29.2. The molecule has 0 aliphatic rings. The Morgan fingerprint density at radius 2 is 1.73 bits per heavy atom. The Kier molecular flexibility index (Phi) is 10.1. The van der Waals surface area contributed by atoms with Crippen LogP contribution >= 0.6 is 11.3 Å². The lowest BCUT2D eigenvalue weighted by molar-refractivity contribution is -0.142. The van der Waals surface area contributed by atoms with Crippen LogP contribution in [0.5, 0.6) is 0 Å². The van der Waals surface area contributed by atoms with Gasteiger partial charge in [-0.25, -0.2) is 24.8 Å². The van der Waals surface area contributed by atoms with Crippen LogP contribution in [0.2, 0.25) is 0 Å². The van der Waals surface area contributed by atoms with E-state index >= 15 is 0 Å². The molecular weight excluding hydrogens is 504 g/mol. The van der Waals surface area contributed by atoms with Gasteiger partial charge < -0.3 is 14.2 Å². The molecule has 0 aliphatic carbocycles. The molecule has 2 rings (SSSR count). The topological polar surface area (TPSA) is 146 Å². The number of hydrazone groups is 1. The van der Waals surface area contributed by atoms with Crippen LogP contribution in [0.25, 0.3) is 0 Å². The molecular formula is C24H30N4O8S. The third-order valence-electron chi connectivity index (χ3n) is 5.42. The molecule has 2 amide bonds. The maximum Gasteiger partial charge on any atom is 0.427 e. The summed E-state index contributed by atoms with van der Waals surface area (Å²) in [6.45, 7) is 7.47. The number of ether oxygens (including phenoxy) is 3. The van der Waals surface area contributed by atoms with Crippen molar-refractivity contribution >= 4 is 46.8 Å². The fraction of sp³-hybridized carbons (Fsp3) is 0.417. The molecule has 0 radical (unpaired) electrons. The number of rotatable bonds is 10. The van der Waals surface area contributed by atoms with Crippen LogP contribution in [0.15, 0.2) is 21.9 Å². The molecule has 13 heteroatoms. The van der Waals surface area contributed by atoms with Gasteiger partial charge in [0.2, 0.25) is 5.91 Å². The Hall–Kier alpha value is -4.00. The molecule has 2 aromatic heterocycles. The number of nitrogens with zero attached hydrogens (tertiary/aromatic N) is 3. The van der Waals surface area contributed by atoms with E-state index in [2.05, 4.69) is 15.3 Å². The number of methoxy groups -OCH3 is 2. The molecule has 0 bridgehead atoms.